The Morgan fingerprint density at radius 3 is 2.56 bits per heavy atom. The van der Waals surface area contributed by atoms with Crippen molar-refractivity contribution in [1.29, 1.82) is 0 Å². The molecule has 2 aromatic rings. The van der Waals surface area contributed by atoms with Crippen LogP contribution in [0, 0.1) is 0 Å². The minimum atomic E-state index is -0.561. The molecular formula is C19H24N4O4. The number of amides is 2. The highest BCUT2D eigenvalue weighted by atomic mass is 16.6. The molecule has 1 heterocycles. The number of hydrogen-bond donors (Lipinski definition) is 3. The number of alkyl carbamates (subject to hydrolysis) is 1. The summed E-state index contributed by atoms with van der Waals surface area (Å²) < 4.78 is 10.5. The minimum Gasteiger partial charge on any atom is -0.497 e. The molecule has 1 aromatic heterocycles. The average Bonchev–Trinajstić information content (AvgIpc) is 2.64. The van der Waals surface area contributed by atoms with Crippen molar-refractivity contribution in [2.75, 3.05) is 7.11 Å². The molecule has 4 N–H and O–H groups in total. The third-order valence-corrected chi connectivity index (χ3v) is 3.49. The summed E-state index contributed by atoms with van der Waals surface area (Å²) in [5, 5.41) is 2.70. The van der Waals surface area contributed by atoms with Gasteiger partial charge in [0.25, 0.3) is 5.91 Å². The zero-order chi connectivity index (χ0) is 20.0. The van der Waals surface area contributed by atoms with Crippen LogP contribution in [0.3, 0.4) is 0 Å². The van der Waals surface area contributed by atoms with Gasteiger partial charge in [-0.15, -0.1) is 0 Å². The number of aromatic nitrogens is 1. The summed E-state index contributed by atoms with van der Waals surface area (Å²) in [5.41, 5.74) is 4.04. The van der Waals surface area contributed by atoms with E-state index in [9.17, 15) is 9.59 Å². The highest BCUT2D eigenvalue weighted by Gasteiger charge is 2.16. The van der Waals surface area contributed by atoms with Crippen LogP contribution in [-0.2, 0) is 11.3 Å². The molecule has 0 atom stereocenters. The quantitative estimate of drug-likeness (QED) is 0.422. The molecule has 0 aliphatic rings. The van der Waals surface area contributed by atoms with Crippen molar-refractivity contribution in [3.8, 4) is 17.0 Å². The van der Waals surface area contributed by atoms with Crippen LogP contribution in [-0.4, -0.2) is 29.7 Å². The Labute approximate surface area is 158 Å². The molecule has 0 saturated carbocycles. The maximum atomic E-state index is 11.9. The third-order valence-electron chi connectivity index (χ3n) is 3.49. The van der Waals surface area contributed by atoms with E-state index in [0.29, 0.717) is 22.6 Å². The number of carbonyl (C=O) groups excluding carboxylic acids is 2. The Morgan fingerprint density at radius 1 is 1.19 bits per heavy atom. The molecule has 144 valence electrons. The second-order valence-electron chi connectivity index (χ2n) is 6.83. The van der Waals surface area contributed by atoms with Crippen LogP contribution in [0.15, 0.2) is 36.5 Å². The van der Waals surface area contributed by atoms with Gasteiger partial charge in [0.2, 0.25) is 0 Å². The summed E-state index contributed by atoms with van der Waals surface area (Å²) in [6, 6.07) is 8.61. The van der Waals surface area contributed by atoms with Crippen LogP contribution in [0.2, 0.25) is 0 Å². The number of methoxy groups -OCH3 is 1. The lowest BCUT2D eigenvalue weighted by atomic mass is 10.0. The van der Waals surface area contributed by atoms with Crippen LogP contribution in [0.1, 0.15) is 36.7 Å². The number of benzene rings is 1. The lowest BCUT2D eigenvalue weighted by Gasteiger charge is -2.19. The number of carbonyl (C=O) groups is 2. The van der Waals surface area contributed by atoms with E-state index < -0.39 is 17.6 Å². The van der Waals surface area contributed by atoms with E-state index in [1.54, 1.807) is 51.2 Å². The van der Waals surface area contributed by atoms with E-state index in [-0.39, 0.29) is 6.54 Å². The van der Waals surface area contributed by atoms with Crippen LogP contribution in [0.5, 0.6) is 5.75 Å². The Balaban J connectivity index is 2.22. The monoisotopic (exact) mass is 372 g/mol. The number of hydrazine groups is 1. The molecule has 0 unspecified atom stereocenters. The van der Waals surface area contributed by atoms with Crippen LogP contribution >= 0.6 is 0 Å². The molecule has 0 fully saturated rings. The number of pyridine rings is 1. The fourth-order valence-corrected chi connectivity index (χ4v) is 2.31. The minimum absolute atomic E-state index is 0.282. The van der Waals surface area contributed by atoms with Crippen molar-refractivity contribution in [3.63, 3.8) is 0 Å². The van der Waals surface area contributed by atoms with Crippen LogP contribution in [0.25, 0.3) is 11.3 Å². The summed E-state index contributed by atoms with van der Waals surface area (Å²) in [4.78, 5) is 28.0. The molecule has 1 aromatic carbocycles. The van der Waals surface area contributed by atoms with Gasteiger partial charge in [0.1, 0.15) is 11.4 Å². The van der Waals surface area contributed by atoms with Gasteiger partial charge in [0.15, 0.2) is 0 Å². The summed E-state index contributed by atoms with van der Waals surface area (Å²) in [5.74, 6) is 5.28. The lowest BCUT2D eigenvalue weighted by Crippen LogP contribution is -2.32. The highest BCUT2D eigenvalue weighted by molar-refractivity contribution is 5.95. The van der Waals surface area contributed by atoms with Crippen LogP contribution in [0.4, 0.5) is 4.79 Å². The predicted octanol–water partition coefficient (Wildman–Crippen LogP) is 2.39. The van der Waals surface area contributed by atoms with Crippen molar-refractivity contribution < 1.29 is 19.1 Å². The molecular weight excluding hydrogens is 348 g/mol. The van der Waals surface area contributed by atoms with Gasteiger partial charge >= 0.3 is 6.09 Å². The molecule has 0 spiro atoms. The van der Waals surface area contributed by atoms with Gasteiger partial charge < -0.3 is 14.8 Å². The van der Waals surface area contributed by atoms with Crippen molar-refractivity contribution in [2.45, 2.75) is 32.9 Å². The Bertz CT molecular complexity index is 831. The standard InChI is InChI=1S/C19H24N4O4/c1-19(2,3)27-18(25)22-11-12-5-6-21-16(7-12)13-8-14(17(24)23-20)10-15(9-13)26-4/h5-10H,11,20H2,1-4H3,(H,22,25)(H,23,24). The molecule has 0 bridgehead atoms. The van der Waals surface area contributed by atoms with E-state index in [4.69, 9.17) is 15.3 Å². The molecule has 27 heavy (non-hydrogen) atoms. The van der Waals surface area contributed by atoms with Gasteiger partial charge in [0, 0.05) is 23.9 Å². The zero-order valence-electron chi connectivity index (χ0n) is 15.8. The first kappa shape index (κ1) is 20.2. The number of rotatable bonds is 5. The molecule has 0 saturated heterocycles. The first-order valence-electron chi connectivity index (χ1n) is 8.34. The summed E-state index contributed by atoms with van der Waals surface area (Å²) in [6.45, 7) is 5.68. The van der Waals surface area contributed by atoms with E-state index in [2.05, 4.69) is 15.7 Å². The summed E-state index contributed by atoms with van der Waals surface area (Å²) in [6.07, 6.45) is 1.13. The van der Waals surface area contributed by atoms with Gasteiger partial charge in [-0.2, -0.15) is 0 Å². The molecule has 8 nitrogen and oxygen atoms in total. The molecule has 8 heteroatoms. The van der Waals surface area contributed by atoms with Gasteiger partial charge in [-0.1, -0.05) is 0 Å². The number of nitrogens with zero attached hydrogens (tertiary/aromatic N) is 1. The average molecular weight is 372 g/mol. The molecule has 0 aliphatic carbocycles. The number of hydrogen-bond acceptors (Lipinski definition) is 6. The first-order chi connectivity index (χ1) is 12.7. The normalized spacial score (nSPS) is 10.9. The van der Waals surface area contributed by atoms with Crippen molar-refractivity contribution in [2.24, 2.45) is 5.84 Å². The van der Waals surface area contributed by atoms with Gasteiger partial charge in [-0.25, -0.2) is 10.6 Å². The number of nitrogen functional groups attached to an aromatic ring is 1. The largest absolute Gasteiger partial charge is 0.497 e. The summed E-state index contributed by atoms with van der Waals surface area (Å²) >= 11 is 0. The maximum Gasteiger partial charge on any atom is 0.407 e. The topological polar surface area (TPSA) is 116 Å². The van der Waals surface area contributed by atoms with Crippen molar-refractivity contribution in [3.05, 3.63) is 47.7 Å². The predicted molar refractivity (Wildman–Crippen MR) is 101 cm³/mol. The highest BCUT2D eigenvalue weighted by Crippen LogP contribution is 2.25. The molecule has 2 rings (SSSR count). The van der Waals surface area contributed by atoms with E-state index in [1.807, 2.05) is 6.07 Å². The smallest absolute Gasteiger partial charge is 0.407 e. The fraction of sp³-hybridized carbons (Fsp3) is 0.316. The van der Waals surface area contributed by atoms with E-state index in [0.717, 1.165) is 5.56 Å². The molecule has 2 amide bonds. The van der Waals surface area contributed by atoms with Crippen LogP contribution < -0.4 is 21.3 Å². The zero-order valence-corrected chi connectivity index (χ0v) is 15.8. The maximum absolute atomic E-state index is 11.9. The number of nitrogens with one attached hydrogen (secondary N) is 2. The lowest BCUT2D eigenvalue weighted by molar-refractivity contribution is 0.0523. The summed E-state index contributed by atoms with van der Waals surface area (Å²) in [7, 11) is 1.51. The second-order valence-corrected chi connectivity index (χ2v) is 6.83. The Hall–Kier alpha value is -3.13. The van der Waals surface area contributed by atoms with Gasteiger partial charge in [0.05, 0.1) is 12.8 Å². The van der Waals surface area contributed by atoms with Crippen molar-refractivity contribution in [1.82, 2.24) is 15.7 Å². The molecule has 0 radical (unpaired) electrons. The number of ether oxygens (including phenoxy) is 2. The fourth-order valence-electron chi connectivity index (χ4n) is 2.31. The Morgan fingerprint density at radius 2 is 1.93 bits per heavy atom. The van der Waals surface area contributed by atoms with E-state index >= 15 is 0 Å². The van der Waals surface area contributed by atoms with E-state index in [1.165, 1.54) is 7.11 Å². The second kappa shape index (κ2) is 8.50. The Kier molecular flexibility index (Phi) is 6.36. The SMILES string of the molecule is COc1cc(C(=O)NN)cc(-c2cc(CNC(=O)OC(C)(C)C)ccn2)c1. The van der Waals surface area contributed by atoms with Gasteiger partial charge in [-0.05, 0) is 56.7 Å². The number of nitrogens with two attached hydrogens (primary N) is 1. The molecule has 0 aliphatic heterocycles. The first-order valence-corrected chi connectivity index (χ1v) is 8.34. The third kappa shape index (κ3) is 5.96. The van der Waals surface area contributed by atoms with Gasteiger partial charge in [-0.3, -0.25) is 15.2 Å². The van der Waals surface area contributed by atoms with Crippen molar-refractivity contribution >= 4 is 12.0 Å².